The summed E-state index contributed by atoms with van der Waals surface area (Å²) in [6.45, 7) is 3.90. The number of rotatable bonds is 4. The fraction of sp³-hybridized carbons (Fsp3) is 0.222. The molecule has 2 N–H and O–H groups in total. The van der Waals surface area contributed by atoms with Gasteiger partial charge >= 0.3 is 5.97 Å². The Morgan fingerprint density at radius 2 is 1.89 bits per heavy atom. The number of aromatic nitrogens is 1. The lowest BCUT2D eigenvalue weighted by Gasteiger charge is -2.36. The van der Waals surface area contributed by atoms with Crippen molar-refractivity contribution in [2.75, 3.05) is 12.0 Å². The molecular weight excluding hydrogens is 465 g/mol. The molecule has 184 valence electrons. The summed E-state index contributed by atoms with van der Waals surface area (Å²) in [5.41, 5.74) is 5.61. The Morgan fingerprint density at radius 3 is 2.58 bits per heavy atom. The Kier molecular flexibility index (Phi) is 5.43. The molecule has 0 saturated heterocycles. The van der Waals surface area contributed by atoms with Crippen molar-refractivity contribution in [2.24, 2.45) is 5.73 Å². The first kappa shape index (κ1) is 23.3. The number of amides is 1. The van der Waals surface area contributed by atoms with Gasteiger partial charge in [-0.05, 0) is 37.6 Å². The molecule has 0 bridgehead atoms. The smallest absolute Gasteiger partial charge is 0.340 e. The number of fused-ring (bicyclic) bond motifs is 4. The van der Waals surface area contributed by atoms with E-state index in [1.165, 1.54) is 28.7 Å². The van der Waals surface area contributed by atoms with Crippen molar-refractivity contribution >= 4 is 17.6 Å². The minimum absolute atomic E-state index is 0.00767. The molecule has 1 amide bonds. The number of para-hydroxylation sites is 1. The van der Waals surface area contributed by atoms with Crippen LogP contribution in [0.1, 0.15) is 29.3 Å². The van der Waals surface area contributed by atoms with E-state index >= 15 is 0 Å². The van der Waals surface area contributed by atoms with Gasteiger partial charge in [-0.25, -0.2) is 9.18 Å². The molecule has 0 saturated carbocycles. The Balaban J connectivity index is 1.87. The number of hydrogen-bond acceptors (Lipinski definition) is 6. The molecule has 0 aliphatic carbocycles. The number of halogens is 1. The fourth-order valence-electron chi connectivity index (χ4n) is 5.31. The van der Waals surface area contributed by atoms with E-state index in [1.807, 2.05) is 6.92 Å². The van der Waals surface area contributed by atoms with Crippen LogP contribution in [0.5, 0.6) is 5.75 Å². The third kappa shape index (κ3) is 3.08. The van der Waals surface area contributed by atoms with Crippen LogP contribution in [0, 0.1) is 12.7 Å². The number of carbonyl (C=O) groups is 2. The molecule has 1 spiro atoms. The quantitative estimate of drug-likeness (QED) is 0.566. The molecule has 8 nitrogen and oxygen atoms in total. The summed E-state index contributed by atoms with van der Waals surface area (Å²) >= 11 is 0. The largest absolute Gasteiger partial charge is 0.465 e. The van der Waals surface area contributed by atoms with Gasteiger partial charge in [-0.3, -0.25) is 9.59 Å². The molecule has 2 aliphatic heterocycles. The second-order valence-corrected chi connectivity index (χ2v) is 8.70. The second-order valence-electron chi connectivity index (χ2n) is 8.70. The summed E-state index contributed by atoms with van der Waals surface area (Å²) in [5.74, 6) is -2.14. The SMILES string of the molecule is CCn1c(C)cc2c(c1=O)C1(C(=O)N(Cc3cccc(F)c3)c3ccccc31)C(C(=O)OC)=C(N)O2. The van der Waals surface area contributed by atoms with Crippen LogP contribution >= 0.6 is 0 Å². The van der Waals surface area contributed by atoms with Crippen molar-refractivity contribution in [3.8, 4) is 5.75 Å². The maximum absolute atomic E-state index is 14.5. The van der Waals surface area contributed by atoms with Gasteiger partial charge in [-0.15, -0.1) is 0 Å². The minimum Gasteiger partial charge on any atom is -0.465 e. The number of benzene rings is 2. The van der Waals surface area contributed by atoms with Crippen molar-refractivity contribution in [3.05, 3.63) is 105 Å². The van der Waals surface area contributed by atoms with Crippen molar-refractivity contribution in [1.29, 1.82) is 0 Å². The molecule has 36 heavy (non-hydrogen) atoms. The molecule has 9 heteroatoms. The van der Waals surface area contributed by atoms with Gasteiger partial charge < -0.3 is 24.7 Å². The Morgan fingerprint density at radius 1 is 1.14 bits per heavy atom. The first-order valence-corrected chi connectivity index (χ1v) is 11.4. The highest BCUT2D eigenvalue weighted by atomic mass is 19.1. The molecule has 3 aromatic rings. The lowest BCUT2D eigenvalue weighted by Crippen LogP contribution is -2.52. The number of nitrogens with two attached hydrogens (primary N) is 1. The van der Waals surface area contributed by atoms with E-state index in [1.54, 1.807) is 49.4 Å². The zero-order chi connectivity index (χ0) is 25.8. The van der Waals surface area contributed by atoms with Crippen LogP contribution in [-0.2, 0) is 32.8 Å². The molecular formula is C27H24FN3O5. The van der Waals surface area contributed by atoms with E-state index in [2.05, 4.69) is 0 Å². The van der Waals surface area contributed by atoms with E-state index in [9.17, 15) is 18.8 Å². The van der Waals surface area contributed by atoms with Crippen LogP contribution < -0.4 is 20.9 Å². The normalized spacial score (nSPS) is 18.2. The number of aryl methyl sites for hydroxylation is 1. The Labute approximate surface area is 206 Å². The number of esters is 1. The molecule has 2 aliphatic rings. The average molecular weight is 490 g/mol. The van der Waals surface area contributed by atoms with Crippen LogP contribution in [0.3, 0.4) is 0 Å². The van der Waals surface area contributed by atoms with Gasteiger partial charge in [-0.2, -0.15) is 0 Å². The first-order chi connectivity index (χ1) is 17.2. The number of pyridine rings is 1. The van der Waals surface area contributed by atoms with Crippen molar-refractivity contribution in [2.45, 2.75) is 32.4 Å². The molecule has 2 aromatic carbocycles. The number of carbonyl (C=O) groups excluding carboxylic acids is 2. The standard InChI is InChI=1S/C27H24FN3O5/c1-4-30-15(2)12-20-21(24(30)32)27(22(23(29)36-20)25(33)35-3)18-10-5-6-11-19(18)31(26(27)34)14-16-8-7-9-17(28)13-16/h5-13H,4,14,29H2,1-3H3. The summed E-state index contributed by atoms with van der Waals surface area (Å²) in [6.07, 6.45) is 0. The van der Waals surface area contributed by atoms with E-state index < -0.39 is 28.7 Å². The molecule has 1 atom stereocenters. The van der Waals surface area contributed by atoms with Crippen molar-refractivity contribution in [1.82, 2.24) is 4.57 Å². The van der Waals surface area contributed by atoms with Crippen LogP contribution in [0.25, 0.3) is 0 Å². The number of anilines is 1. The highest BCUT2D eigenvalue weighted by Crippen LogP contribution is 2.54. The highest BCUT2D eigenvalue weighted by Gasteiger charge is 2.62. The summed E-state index contributed by atoms with van der Waals surface area (Å²) in [7, 11) is 1.17. The van der Waals surface area contributed by atoms with Gasteiger partial charge in [0.1, 0.15) is 22.6 Å². The van der Waals surface area contributed by atoms with Gasteiger partial charge in [0.15, 0.2) is 0 Å². The van der Waals surface area contributed by atoms with Crippen LogP contribution in [0.4, 0.5) is 10.1 Å². The molecule has 0 fully saturated rings. The lowest BCUT2D eigenvalue weighted by molar-refractivity contribution is -0.138. The zero-order valence-corrected chi connectivity index (χ0v) is 20.0. The van der Waals surface area contributed by atoms with Crippen molar-refractivity contribution in [3.63, 3.8) is 0 Å². The van der Waals surface area contributed by atoms with Gasteiger partial charge in [-0.1, -0.05) is 30.3 Å². The minimum atomic E-state index is -1.91. The second kappa shape index (κ2) is 8.37. The predicted octanol–water partition coefficient (Wildman–Crippen LogP) is 2.88. The van der Waals surface area contributed by atoms with E-state index in [0.717, 1.165) is 0 Å². The maximum Gasteiger partial charge on any atom is 0.340 e. The number of methoxy groups -OCH3 is 1. The van der Waals surface area contributed by atoms with E-state index in [4.69, 9.17) is 15.2 Å². The summed E-state index contributed by atoms with van der Waals surface area (Å²) in [6, 6.07) is 14.4. The number of ether oxygens (including phenoxy) is 2. The predicted molar refractivity (Wildman–Crippen MR) is 130 cm³/mol. The van der Waals surface area contributed by atoms with Crippen molar-refractivity contribution < 1.29 is 23.5 Å². The Hall–Kier alpha value is -4.40. The molecule has 1 unspecified atom stereocenters. The van der Waals surface area contributed by atoms with E-state index in [0.29, 0.717) is 29.1 Å². The molecule has 1 aromatic heterocycles. The average Bonchev–Trinajstić information content (AvgIpc) is 3.07. The molecule has 5 rings (SSSR count). The topological polar surface area (TPSA) is 104 Å². The van der Waals surface area contributed by atoms with Crippen LogP contribution in [0.15, 0.2) is 70.8 Å². The first-order valence-electron chi connectivity index (χ1n) is 11.4. The third-order valence-electron chi connectivity index (χ3n) is 6.79. The highest BCUT2D eigenvalue weighted by molar-refractivity contribution is 6.18. The van der Waals surface area contributed by atoms with Gasteiger partial charge in [0.2, 0.25) is 11.8 Å². The summed E-state index contributed by atoms with van der Waals surface area (Å²) < 4.78 is 26.3. The summed E-state index contributed by atoms with van der Waals surface area (Å²) in [4.78, 5) is 43.0. The Bertz CT molecular complexity index is 1530. The van der Waals surface area contributed by atoms with Crippen LogP contribution in [0.2, 0.25) is 0 Å². The van der Waals surface area contributed by atoms with Gasteiger partial charge in [0.05, 0.1) is 19.2 Å². The molecule has 0 radical (unpaired) electrons. The monoisotopic (exact) mass is 489 g/mol. The maximum atomic E-state index is 14.5. The zero-order valence-electron chi connectivity index (χ0n) is 20.0. The molecule has 3 heterocycles. The number of nitrogens with zero attached hydrogens (tertiary/aromatic N) is 2. The summed E-state index contributed by atoms with van der Waals surface area (Å²) in [5, 5.41) is 0. The van der Waals surface area contributed by atoms with Gasteiger partial charge in [0, 0.05) is 29.6 Å². The van der Waals surface area contributed by atoms with Gasteiger partial charge in [0.25, 0.3) is 5.56 Å². The van der Waals surface area contributed by atoms with Crippen LogP contribution in [-0.4, -0.2) is 23.6 Å². The van der Waals surface area contributed by atoms with E-state index in [-0.39, 0.29) is 29.3 Å². The lowest BCUT2D eigenvalue weighted by atomic mass is 9.68. The third-order valence-corrected chi connectivity index (χ3v) is 6.79. The number of hydrogen-bond donors (Lipinski definition) is 1. The fourth-order valence-corrected chi connectivity index (χ4v) is 5.31.